The Kier molecular flexibility index (Phi) is 3.52. The van der Waals surface area contributed by atoms with E-state index in [0.717, 1.165) is 18.2 Å². The third-order valence-electron chi connectivity index (χ3n) is 1.94. The van der Waals surface area contributed by atoms with E-state index in [2.05, 4.69) is 12.2 Å². The van der Waals surface area contributed by atoms with Gasteiger partial charge in [0.1, 0.15) is 0 Å². The molecule has 0 heterocycles. The van der Waals surface area contributed by atoms with Crippen LogP contribution in [0.5, 0.6) is 0 Å². The maximum Gasteiger partial charge on any atom is 0.0246 e. The van der Waals surface area contributed by atoms with Crippen molar-refractivity contribution in [1.82, 2.24) is 5.32 Å². The smallest absolute Gasteiger partial charge is 0.0246 e. The third-order valence-corrected chi connectivity index (χ3v) is 2.75. The van der Waals surface area contributed by atoms with Crippen LogP contribution in [-0.4, -0.2) is 28.3 Å². The van der Waals surface area contributed by atoms with Crippen molar-refractivity contribution in [2.24, 2.45) is 0 Å². The Morgan fingerprint density at radius 3 is 2.73 bits per heavy atom. The fourth-order valence-electron chi connectivity index (χ4n) is 1.08. The Hall–Kier alpha value is 0.110. The lowest BCUT2D eigenvalue weighted by molar-refractivity contribution is 0.532. The van der Waals surface area contributed by atoms with Crippen LogP contribution in [0.15, 0.2) is 0 Å². The molecule has 0 aromatic rings. The van der Waals surface area contributed by atoms with Gasteiger partial charge in [-0.25, -0.2) is 0 Å². The number of hydrogen-bond acceptors (Lipinski definition) is 2. The summed E-state index contributed by atoms with van der Waals surface area (Å²) in [6.07, 6.45) is 5.47. The SMILES string of the molecule is CC(CCS(C)=O)NC1CC1. The normalized spacial score (nSPS) is 23.1. The minimum atomic E-state index is -0.621. The molecule has 0 aromatic heterocycles. The molecule has 1 N–H and O–H groups in total. The van der Waals surface area contributed by atoms with E-state index in [-0.39, 0.29) is 0 Å². The van der Waals surface area contributed by atoms with Crippen molar-refractivity contribution in [2.75, 3.05) is 12.0 Å². The second kappa shape index (κ2) is 4.21. The Bertz CT molecular complexity index is 145. The zero-order valence-electron chi connectivity index (χ0n) is 7.30. The van der Waals surface area contributed by atoms with Crippen LogP contribution < -0.4 is 5.32 Å². The first-order chi connectivity index (χ1) is 5.18. The third kappa shape index (κ3) is 4.53. The zero-order valence-corrected chi connectivity index (χ0v) is 8.12. The Labute approximate surface area is 71.2 Å². The first-order valence-corrected chi connectivity index (χ1v) is 5.97. The van der Waals surface area contributed by atoms with Crippen LogP contribution in [0.3, 0.4) is 0 Å². The van der Waals surface area contributed by atoms with Crippen molar-refractivity contribution in [3.63, 3.8) is 0 Å². The van der Waals surface area contributed by atoms with Crippen molar-refractivity contribution < 1.29 is 4.21 Å². The molecule has 2 nitrogen and oxygen atoms in total. The van der Waals surface area contributed by atoms with Crippen LogP contribution in [0.4, 0.5) is 0 Å². The summed E-state index contributed by atoms with van der Waals surface area (Å²) in [6, 6.07) is 1.32. The summed E-state index contributed by atoms with van der Waals surface area (Å²) in [5.74, 6) is 0.834. The van der Waals surface area contributed by atoms with Crippen LogP contribution in [0, 0.1) is 0 Å². The molecule has 0 saturated heterocycles. The first kappa shape index (κ1) is 9.20. The molecule has 1 fully saturated rings. The van der Waals surface area contributed by atoms with E-state index < -0.39 is 10.8 Å². The number of rotatable bonds is 5. The molecule has 3 heteroatoms. The quantitative estimate of drug-likeness (QED) is 0.672. The van der Waals surface area contributed by atoms with E-state index in [1.54, 1.807) is 6.26 Å². The summed E-state index contributed by atoms with van der Waals surface area (Å²) in [6.45, 7) is 2.17. The summed E-state index contributed by atoms with van der Waals surface area (Å²) in [5, 5.41) is 3.47. The molecule has 11 heavy (non-hydrogen) atoms. The number of nitrogens with one attached hydrogen (secondary N) is 1. The molecule has 0 amide bonds. The lowest BCUT2D eigenvalue weighted by Crippen LogP contribution is -2.29. The summed E-state index contributed by atoms with van der Waals surface area (Å²) < 4.78 is 10.7. The summed E-state index contributed by atoms with van der Waals surface area (Å²) in [5.41, 5.74) is 0. The van der Waals surface area contributed by atoms with Crippen LogP contribution in [0.25, 0.3) is 0 Å². The predicted octanol–water partition coefficient (Wildman–Crippen LogP) is 0.895. The van der Waals surface area contributed by atoms with Gasteiger partial charge in [-0.1, -0.05) is 0 Å². The average Bonchev–Trinajstić information content (AvgIpc) is 2.67. The van der Waals surface area contributed by atoms with Gasteiger partial charge in [0.2, 0.25) is 0 Å². The van der Waals surface area contributed by atoms with Crippen LogP contribution in [0.1, 0.15) is 26.2 Å². The largest absolute Gasteiger partial charge is 0.311 e. The molecular formula is C8H17NOS. The molecule has 1 rings (SSSR count). The standard InChI is InChI=1S/C8H17NOS/c1-7(5-6-11(2)10)9-8-3-4-8/h7-9H,3-6H2,1-2H3. The highest BCUT2D eigenvalue weighted by Gasteiger charge is 2.22. The molecule has 2 unspecified atom stereocenters. The van der Waals surface area contributed by atoms with Crippen molar-refractivity contribution in [3.05, 3.63) is 0 Å². The minimum absolute atomic E-state index is 0.548. The predicted molar refractivity (Wildman–Crippen MR) is 49.2 cm³/mol. The van der Waals surface area contributed by atoms with E-state index in [1.165, 1.54) is 12.8 Å². The van der Waals surface area contributed by atoms with Gasteiger partial charge in [0, 0.05) is 34.9 Å². The van der Waals surface area contributed by atoms with E-state index in [9.17, 15) is 4.21 Å². The molecule has 0 aliphatic heterocycles. The monoisotopic (exact) mass is 175 g/mol. The van der Waals surface area contributed by atoms with Gasteiger partial charge in [-0.15, -0.1) is 0 Å². The van der Waals surface area contributed by atoms with Crippen LogP contribution in [0.2, 0.25) is 0 Å². The van der Waals surface area contributed by atoms with E-state index >= 15 is 0 Å². The van der Waals surface area contributed by atoms with Gasteiger partial charge in [0.05, 0.1) is 0 Å². The molecular weight excluding hydrogens is 158 g/mol. The van der Waals surface area contributed by atoms with Crippen molar-refractivity contribution in [2.45, 2.75) is 38.3 Å². The molecule has 1 aliphatic carbocycles. The molecule has 0 spiro atoms. The van der Waals surface area contributed by atoms with E-state index in [1.807, 2.05) is 0 Å². The van der Waals surface area contributed by atoms with Gasteiger partial charge in [0.25, 0.3) is 0 Å². The summed E-state index contributed by atoms with van der Waals surface area (Å²) >= 11 is 0. The average molecular weight is 175 g/mol. The fraction of sp³-hybridized carbons (Fsp3) is 1.00. The Morgan fingerprint density at radius 2 is 2.27 bits per heavy atom. The minimum Gasteiger partial charge on any atom is -0.311 e. The second-order valence-electron chi connectivity index (χ2n) is 3.41. The van der Waals surface area contributed by atoms with Gasteiger partial charge >= 0.3 is 0 Å². The van der Waals surface area contributed by atoms with Gasteiger partial charge in [-0.3, -0.25) is 4.21 Å². The van der Waals surface area contributed by atoms with Gasteiger partial charge in [0.15, 0.2) is 0 Å². The molecule has 1 aliphatic rings. The van der Waals surface area contributed by atoms with Crippen LogP contribution >= 0.6 is 0 Å². The summed E-state index contributed by atoms with van der Waals surface area (Å²) in [7, 11) is -0.621. The highest BCUT2D eigenvalue weighted by molar-refractivity contribution is 7.84. The van der Waals surface area contributed by atoms with Crippen molar-refractivity contribution >= 4 is 10.8 Å². The molecule has 0 radical (unpaired) electrons. The highest BCUT2D eigenvalue weighted by Crippen LogP contribution is 2.19. The summed E-state index contributed by atoms with van der Waals surface area (Å²) in [4.78, 5) is 0. The molecule has 0 aromatic carbocycles. The molecule has 1 saturated carbocycles. The van der Waals surface area contributed by atoms with Crippen molar-refractivity contribution in [1.29, 1.82) is 0 Å². The van der Waals surface area contributed by atoms with E-state index in [4.69, 9.17) is 0 Å². The lowest BCUT2D eigenvalue weighted by atomic mass is 10.2. The number of hydrogen-bond donors (Lipinski definition) is 1. The maximum atomic E-state index is 10.7. The Balaban J connectivity index is 1.99. The van der Waals surface area contributed by atoms with Crippen LogP contribution in [-0.2, 0) is 10.8 Å². The lowest BCUT2D eigenvalue weighted by Gasteiger charge is -2.11. The molecule has 2 atom stereocenters. The fourth-order valence-corrected chi connectivity index (χ4v) is 1.76. The van der Waals surface area contributed by atoms with Crippen molar-refractivity contribution in [3.8, 4) is 0 Å². The van der Waals surface area contributed by atoms with Gasteiger partial charge in [-0.2, -0.15) is 0 Å². The molecule has 0 bridgehead atoms. The van der Waals surface area contributed by atoms with E-state index in [0.29, 0.717) is 6.04 Å². The van der Waals surface area contributed by atoms with Gasteiger partial charge in [-0.05, 0) is 26.2 Å². The highest BCUT2D eigenvalue weighted by atomic mass is 32.2. The second-order valence-corrected chi connectivity index (χ2v) is 4.96. The molecule has 66 valence electrons. The first-order valence-electron chi connectivity index (χ1n) is 4.24. The maximum absolute atomic E-state index is 10.7. The topological polar surface area (TPSA) is 29.1 Å². The zero-order chi connectivity index (χ0) is 8.27. The Morgan fingerprint density at radius 1 is 1.64 bits per heavy atom. The van der Waals surface area contributed by atoms with Gasteiger partial charge < -0.3 is 5.32 Å².